The molecule has 29 heavy (non-hydrogen) atoms. The van der Waals surface area contributed by atoms with Crippen LogP contribution in [0.1, 0.15) is 24.8 Å². The molecule has 0 saturated carbocycles. The monoisotopic (exact) mass is 415 g/mol. The number of rotatable bonds is 8. The molecule has 1 aliphatic heterocycles. The van der Waals surface area contributed by atoms with Gasteiger partial charge in [0.1, 0.15) is 0 Å². The third-order valence-electron chi connectivity index (χ3n) is 5.39. The first-order chi connectivity index (χ1) is 14.0. The first-order valence-electron chi connectivity index (χ1n) is 10.1. The van der Waals surface area contributed by atoms with Crippen LogP contribution in [-0.4, -0.2) is 62.8 Å². The van der Waals surface area contributed by atoms with Gasteiger partial charge in [-0.3, -0.25) is 9.69 Å². The van der Waals surface area contributed by atoms with Crippen molar-refractivity contribution in [3.8, 4) is 0 Å². The number of hydrogen-bond acceptors (Lipinski definition) is 4. The van der Waals surface area contributed by atoms with E-state index in [-0.39, 0.29) is 5.91 Å². The van der Waals surface area contributed by atoms with E-state index in [1.54, 1.807) is 30.3 Å². The first kappa shape index (κ1) is 21.5. The molecule has 2 aromatic carbocycles. The highest BCUT2D eigenvalue weighted by atomic mass is 32.2. The maximum Gasteiger partial charge on any atom is 0.243 e. The second kappa shape index (κ2) is 10.0. The van der Waals surface area contributed by atoms with Gasteiger partial charge in [0.05, 0.1) is 11.4 Å². The Labute approximate surface area is 173 Å². The summed E-state index contributed by atoms with van der Waals surface area (Å²) in [5.74, 6) is 0.284. The van der Waals surface area contributed by atoms with E-state index in [0.29, 0.717) is 50.1 Å². The van der Waals surface area contributed by atoms with E-state index in [0.717, 1.165) is 6.42 Å². The number of hydrogen-bond donors (Lipinski definition) is 1. The Morgan fingerprint density at radius 2 is 1.55 bits per heavy atom. The zero-order valence-electron chi connectivity index (χ0n) is 16.8. The molecule has 0 radical (unpaired) electrons. The SMILES string of the molecule is CC[C@@H](CNC(=O)CN1CCN(S(=O)(=O)c2ccccc2)CC1)c1ccccc1. The fourth-order valence-electron chi connectivity index (χ4n) is 3.59. The first-order valence-corrected chi connectivity index (χ1v) is 11.5. The fraction of sp³-hybridized carbons (Fsp3) is 0.409. The van der Waals surface area contributed by atoms with Crippen molar-refractivity contribution in [3.63, 3.8) is 0 Å². The van der Waals surface area contributed by atoms with Gasteiger partial charge in [-0.15, -0.1) is 0 Å². The molecule has 1 N–H and O–H groups in total. The summed E-state index contributed by atoms with van der Waals surface area (Å²) < 4.78 is 26.9. The van der Waals surface area contributed by atoms with Crippen LogP contribution in [0.2, 0.25) is 0 Å². The standard InChI is InChI=1S/C22H29N3O3S/c1-2-19(20-9-5-3-6-10-20)17-23-22(26)18-24-13-15-25(16-14-24)29(27,28)21-11-7-4-8-12-21/h3-12,19H,2,13-18H2,1H3,(H,23,26)/t19-/m0/s1. The Morgan fingerprint density at radius 1 is 0.966 bits per heavy atom. The van der Waals surface area contributed by atoms with Crippen LogP contribution in [0.5, 0.6) is 0 Å². The molecule has 1 atom stereocenters. The van der Waals surface area contributed by atoms with Gasteiger partial charge < -0.3 is 5.32 Å². The van der Waals surface area contributed by atoms with Crippen molar-refractivity contribution in [2.75, 3.05) is 39.3 Å². The number of nitrogens with zero attached hydrogens (tertiary/aromatic N) is 2. The molecule has 0 aromatic heterocycles. The van der Waals surface area contributed by atoms with E-state index in [2.05, 4.69) is 24.4 Å². The quantitative estimate of drug-likeness (QED) is 0.718. The van der Waals surface area contributed by atoms with Crippen molar-refractivity contribution in [3.05, 3.63) is 66.2 Å². The molecular weight excluding hydrogens is 386 g/mol. The lowest BCUT2D eigenvalue weighted by Gasteiger charge is -2.33. The highest BCUT2D eigenvalue weighted by Gasteiger charge is 2.28. The van der Waals surface area contributed by atoms with Crippen molar-refractivity contribution < 1.29 is 13.2 Å². The third-order valence-corrected chi connectivity index (χ3v) is 7.30. The molecule has 1 saturated heterocycles. The predicted octanol–water partition coefficient (Wildman–Crippen LogP) is 2.30. The molecule has 0 spiro atoms. The van der Waals surface area contributed by atoms with Gasteiger partial charge in [0, 0.05) is 38.6 Å². The van der Waals surface area contributed by atoms with E-state index < -0.39 is 10.0 Å². The maximum atomic E-state index is 12.7. The van der Waals surface area contributed by atoms with Gasteiger partial charge in [0.15, 0.2) is 0 Å². The fourth-order valence-corrected chi connectivity index (χ4v) is 5.03. The Hall–Kier alpha value is -2.22. The van der Waals surface area contributed by atoms with Crippen LogP contribution in [-0.2, 0) is 14.8 Å². The number of amides is 1. The summed E-state index contributed by atoms with van der Waals surface area (Å²) in [6, 6.07) is 18.7. The normalized spacial score (nSPS) is 17.0. The van der Waals surface area contributed by atoms with Crippen molar-refractivity contribution in [1.29, 1.82) is 0 Å². The van der Waals surface area contributed by atoms with Crippen LogP contribution in [0.15, 0.2) is 65.6 Å². The topological polar surface area (TPSA) is 69.7 Å². The Bertz CT molecular complexity index is 880. The number of sulfonamides is 1. The van der Waals surface area contributed by atoms with Gasteiger partial charge in [-0.25, -0.2) is 8.42 Å². The molecule has 1 fully saturated rings. The zero-order valence-corrected chi connectivity index (χ0v) is 17.6. The smallest absolute Gasteiger partial charge is 0.243 e. The van der Waals surface area contributed by atoms with Gasteiger partial charge in [-0.1, -0.05) is 55.5 Å². The van der Waals surface area contributed by atoms with E-state index in [1.807, 2.05) is 23.1 Å². The molecular formula is C22H29N3O3S. The molecule has 2 aromatic rings. The van der Waals surface area contributed by atoms with Gasteiger partial charge in [0.25, 0.3) is 0 Å². The minimum absolute atomic E-state index is 0.0150. The average molecular weight is 416 g/mol. The lowest BCUT2D eigenvalue weighted by atomic mass is 9.96. The number of carbonyl (C=O) groups excluding carboxylic acids is 1. The Kier molecular flexibility index (Phi) is 7.41. The van der Waals surface area contributed by atoms with E-state index in [4.69, 9.17) is 0 Å². The van der Waals surface area contributed by atoms with E-state index >= 15 is 0 Å². The summed E-state index contributed by atoms with van der Waals surface area (Å²) in [4.78, 5) is 14.7. The van der Waals surface area contributed by atoms with Crippen LogP contribution in [0.4, 0.5) is 0 Å². The molecule has 0 unspecified atom stereocenters. The van der Waals surface area contributed by atoms with Gasteiger partial charge in [-0.05, 0) is 24.1 Å². The minimum atomic E-state index is -3.46. The Balaban J connectivity index is 1.46. The second-order valence-electron chi connectivity index (χ2n) is 7.31. The molecule has 1 amide bonds. The number of nitrogens with one attached hydrogen (secondary N) is 1. The predicted molar refractivity (Wildman–Crippen MR) is 114 cm³/mol. The average Bonchev–Trinajstić information content (AvgIpc) is 2.76. The van der Waals surface area contributed by atoms with Crippen LogP contribution >= 0.6 is 0 Å². The lowest BCUT2D eigenvalue weighted by Crippen LogP contribution is -2.51. The van der Waals surface area contributed by atoms with Gasteiger partial charge in [-0.2, -0.15) is 4.31 Å². The summed E-state index contributed by atoms with van der Waals surface area (Å²) in [5, 5.41) is 3.03. The number of carbonyl (C=O) groups is 1. The highest BCUT2D eigenvalue weighted by molar-refractivity contribution is 7.89. The van der Waals surface area contributed by atoms with E-state index in [1.165, 1.54) is 9.87 Å². The second-order valence-corrected chi connectivity index (χ2v) is 9.25. The largest absolute Gasteiger partial charge is 0.354 e. The molecule has 3 rings (SSSR count). The zero-order chi connectivity index (χ0) is 20.7. The molecule has 0 bridgehead atoms. The Morgan fingerprint density at radius 3 is 2.14 bits per heavy atom. The maximum absolute atomic E-state index is 12.7. The molecule has 1 aliphatic rings. The summed E-state index contributed by atoms with van der Waals surface area (Å²) in [6.45, 7) is 4.92. The number of piperazine rings is 1. The van der Waals surface area contributed by atoms with Crippen molar-refractivity contribution in [2.45, 2.75) is 24.2 Å². The molecule has 0 aliphatic carbocycles. The summed E-state index contributed by atoms with van der Waals surface area (Å²) in [5.41, 5.74) is 1.23. The molecule has 6 nitrogen and oxygen atoms in total. The highest BCUT2D eigenvalue weighted by Crippen LogP contribution is 2.18. The molecule has 156 valence electrons. The van der Waals surface area contributed by atoms with Crippen LogP contribution in [0.25, 0.3) is 0 Å². The third kappa shape index (κ3) is 5.65. The van der Waals surface area contributed by atoms with Crippen LogP contribution in [0, 0.1) is 0 Å². The summed E-state index contributed by atoms with van der Waals surface area (Å²) in [7, 11) is -3.46. The van der Waals surface area contributed by atoms with Gasteiger partial charge >= 0.3 is 0 Å². The van der Waals surface area contributed by atoms with Crippen molar-refractivity contribution in [2.24, 2.45) is 0 Å². The number of benzene rings is 2. The minimum Gasteiger partial charge on any atom is -0.354 e. The lowest BCUT2D eigenvalue weighted by molar-refractivity contribution is -0.122. The van der Waals surface area contributed by atoms with Crippen LogP contribution in [0.3, 0.4) is 0 Å². The van der Waals surface area contributed by atoms with Crippen molar-refractivity contribution >= 4 is 15.9 Å². The van der Waals surface area contributed by atoms with Gasteiger partial charge in [0.2, 0.25) is 15.9 Å². The summed E-state index contributed by atoms with van der Waals surface area (Å²) in [6.07, 6.45) is 0.959. The van der Waals surface area contributed by atoms with E-state index in [9.17, 15) is 13.2 Å². The summed E-state index contributed by atoms with van der Waals surface area (Å²) >= 11 is 0. The molecule has 7 heteroatoms. The van der Waals surface area contributed by atoms with Crippen molar-refractivity contribution in [1.82, 2.24) is 14.5 Å². The molecule has 1 heterocycles. The van der Waals surface area contributed by atoms with Crippen LogP contribution < -0.4 is 5.32 Å².